The molecule has 2 aromatic heterocycles. The molecule has 7 nitrogen and oxygen atoms in total. The number of aromatic nitrogens is 3. The summed E-state index contributed by atoms with van der Waals surface area (Å²) in [5.74, 6) is -0.231. The number of nitrogens with zero attached hydrogens (tertiary/aromatic N) is 3. The minimum Gasteiger partial charge on any atom is -0.465 e. The van der Waals surface area contributed by atoms with E-state index in [1.54, 1.807) is 29.8 Å². The maximum atomic E-state index is 12.8. The Morgan fingerprint density at radius 2 is 2.42 bits per heavy atom. The molecule has 0 aliphatic carbocycles. The highest BCUT2D eigenvalue weighted by Gasteiger charge is 2.21. The molecule has 3 heterocycles. The maximum Gasteiger partial charge on any atom is 0.316 e. The van der Waals surface area contributed by atoms with Crippen LogP contribution >= 0.6 is 11.8 Å². The van der Waals surface area contributed by atoms with Crippen LogP contribution in [-0.4, -0.2) is 45.6 Å². The first-order valence-corrected chi connectivity index (χ1v) is 8.93. The largest absolute Gasteiger partial charge is 0.465 e. The van der Waals surface area contributed by atoms with E-state index in [4.69, 9.17) is 9.47 Å². The second-order valence-electron chi connectivity index (χ2n) is 5.41. The zero-order valence-electron chi connectivity index (χ0n) is 13.4. The minimum atomic E-state index is -0.332. The van der Waals surface area contributed by atoms with E-state index in [0.717, 1.165) is 12.8 Å². The van der Waals surface area contributed by atoms with Crippen LogP contribution in [0.1, 0.15) is 19.8 Å². The van der Waals surface area contributed by atoms with E-state index in [2.05, 4.69) is 9.97 Å². The standard InChI is InChI=1S/C16H19N3O4S/c1-2-22-13(20)10-24-16-18-14-12(6-3-7-17-14)15(21)19(16)9-11-5-4-8-23-11/h3,6-7,11H,2,4-5,8-10H2,1H3. The first-order chi connectivity index (χ1) is 11.7. The summed E-state index contributed by atoms with van der Waals surface area (Å²) in [6, 6.07) is 3.43. The van der Waals surface area contributed by atoms with Gasteiger partial charge in [-0.1, -0.05) is 11.8 Å². The fourth-order valence-electron chi connectivity index (χ4n) is 2.63. The summed E-state index contributed by atoms with van der Waals surface area (Å²) in [4.78, 5) is 33.0. The number of thioether (sulfide) groups is 1. The lowest BCUT2D eigenvalue weighted by Crippen LogP contribution is -2.29. The highest BCUT2D eigenvalue weighted by atomic mass is 32.2. The molecule has 0 aromatic carbocycles. The number of pyridine rings is 1. The minimum absolute atomic E-state index is 0.000523. The van der Waals surface area contributed by atoms with Gasteiger partial charge in [0.1, 0.15) is 0 Å². The molecule has 1 aliphatic rings. The van der Waals surface area contributed by atoms with E-state index in [1.165, 1.54) is 11.8 Å². The predicted octanol–water partition coefficient (Wildman–Crippen LogP) is 1.63. The van der Waals surface area contributed by atoms with Gasteiger partial charge in [-0.05, 0) is 31.9 Å². The molecule has 0 radical (unpaired) electrons. The van der Waals surface area contributed by atoms with Gasteiger partial charge in [-0.25, -0.2) is 9.97 Å². The quantitative estimate of drug-likeness (QED) is 0.445. The molecular weight excluding hydrogens is 330 g/mol. The fourth-order valence-corrected chi connectivity index (χ4v) is 3.42. The van der Waals surface area contributed by atoms with Gasteiger partial charge < -0.3 is 9.47 Å². The monoisotopic (exact) mass is 349 g/mol. The summed E-state index contributed by atoms with van der Waals surface area (Å²) in [6.45, 7) is 3.23. The van der Waals surface area contributed by atoms with Crippen LogP contribution in [0.3, 0.4) is 0 Å². The highest BCUT2D eigenvalue weighted by molar-refractivity contribution is 7.99. The van der Waals surface area contributed by atoms with Crippen molar-refractivity contribution in [1.29, 1.82) is 0 Å². The number of hydrogen-bond donors (Lipinski definition) is 0. The maximum absolute atomic E-state index is 12.8. The van der Waals surface area contributed by atoms with Crippen molar-refractivity contribution in [2.24, 2.45) is 0 Å². The Kier molecular flexibility index (Phi) is 5.47. The van der Waals surface area contributed by atoms with Crippen LogP contribution in [0, 0.1) is 0 Å². The van der Waals surface area contributed by atoms with Crippen molar-refractivity contribution >= 4 is 28.8 Å². The van der Waals surface area contributed by atoms with Crippen molar-refractivity contribution in [3.8, 4) is 0 Å². The molecule has 0 bridgehead atoms. The highest BCUT2D eigenvalue weighted by Crippen LogP contribution is 2.20. The number of ether oxygens (including phenoxy) is 2. The van der Waals surface area contributed by atoms with Crippen LogP contribution in [0.4, 0.5) is 0 Å². The third kappa shape index (κ3) is 3.76. The van der Waals surface area contributed by atoms with Gasteiger partial charge in [0.2, 0.25) is 0 Å². The van der Waals surface area contributed by atoms with Gasteiger partial charge in [0.15, 0.2) is 10.8 Å². The Morgan fingerprint density at radius 1 is 1.54 bits per heavy atom. The third-order valence-corrected chi connectivity index (χ3v) is 4.68. The second kappa shape index (κ2) is 7.76. The molecule has 8 heteroatoms. The Morgan fingerprint density at radius 3 is 3.17 bits per heavy atom. The molecule has 2 aromatic rings. The zero-order chi connectivity index (χ0) is 16.9. The summed E-state index contributed by atoms with van der Waals surface area (Å²) in [7, 11) is 0. The van der Waals surface area contributed by atoms with Crippen molar-refractivity contribution in [1.82, 2.24) is 14.5 Å². The molecule has 1 fully saturated rings. The topological polar surface area (TPSA) is 83.3 Å². The van der Waals surface area contributed by atoms with Gasteiger partial charge >= 0.3 is 5.97 Å². The summed E-state index contributed by atoms with van der Waals surface area (Å²) in [6.07, 6.45) is 3.51. The Labute approximate surface area is 143 Å². The number of esters is 1. The normalized spacial score (nSPS) is 17.3. The average Bonchev–Trinajstić information content (AvgIpc) is 3.09. The lowest BCUT2D eigenvalue weighted by molar-refractivity contribution is -0.139. The first kappa shape index (κ1) is 16.9. The van der Waals surface area contributed by atoms with Crippen LogP contribution in [0.5, 0.6) is 0 Å². The van der Waals surface area contributed by atoms with Crippen LogP contribution in [0.15, 0.2) is 28.3 Å². The van der Waals surface area contributed by atoms with Crippen LogP contribution in [0.25, 0.3) is 11.0 Å². The molecule has 1 aliphatic heterocycles. The smallest absolute Gasteiger partial charge is 0.316 e. The summed E-state index contributed by atoms with van der Waals surface area (Å²) in [5, 5.41) is 0.936. The Balaban J connectivity index is 1.94. The molecule has 0 spiro atoms. The molecule has 1 unspecified atom stereocenters. The molecule has 3 rings (SSSR count). The van der Waals surface area contributed by atoms with E-state index in [-0.39, 0.29) is 23.4 Å². The van der Waals surface area contributed by atoms with E-state index in [1.807, 2.05) is 0 Å². The Bertz CT molecular complexity index is 786. The molecule has 1 atom stereocenters. The van der Waals surface area contributed by atoms with Crippen molar-refractivity contribution < 1.29 is 14.3 Å². The number of carbonyl (C=O) groups is 1. The summed E-state index contributed by atoms with van der Waals surface area (Å²) in [5.41, 5.74) is 0.229. The summed E-state index contributed by atoms with van der Waals surface area (Å²) < 4.78 is 12.2. The first-order valence-electron chi connectivity index (χ1n) is 7.94. The van der Waals surface area contributed by atoms with E-state index in [0.29, 0.717) is 35.9 Å². The molecule has 128 valence electrons. The number of rotatable bonds is 6. The lowest BCUT2D eigenvalue weighted by atomic mass is 10.2. The molecule has 0 N–H and O–H groups in total. The lowest BCUT2D eigenvalue weighted by Gasteiger charge is -2.16. The number of carbonyl (C=O) groups excluding carboxylic acids is 1. The van der Waals surface area contributed by atoms with Gasteiger partial charge in [-0.2, -0.15) is 0 Å². The van der Waals surface area contributed by atoms with Gasteiger partial charge in [0.25, 0.3) is 5.56 Å². The number of hydrogen-bond acceptors (Lipinski definition) is 7. The third-order valence-electron chi connectivity index (χ3n) is 3.73. The Hall–Kier alpha value is -1.93. The van der Waals surface area contributed by atoms with Crippen molar-refractivity contribution in [2.75, 3.05) is 19.0 Å². The SMILES string of the molecule is CCOC(=O)CSc1nc2ncccc2c(=O)n1CC1CCCO1. The molecule has 1 saturated heterocycles. The van der Waals surface area contributed by atoms with E-state index >= 15 is 0 Å². The van der Waals surface area contributed by atoms with Gasteiger partial charge in [0, 0.05) is 12.8 Å². The summed E-state index contributed by atoms with van der Waals surface area (Å²) >= 11 is 1.19. The van der Waals surface area contributed by atoms with Crippen molar-refractivity contribution in [3.63, 3.8) is 0 Å². The molecule has 0 saturated carbocycles. The van der Waals surface area contributed by atoms with Crippen molar-refractivity contribution in [3.05, 3.63) is 28.7 Å². The van der Waals surface area contributed by atoms with Crippen LogP contribution < -0.4 is 5.56 Å². The van der Waals surface area contributed by atoms with Gasteiger partial charge in [-0.3, -0.25) is 14.2 Å². The van der Waals surface area contributed by atoms with Crippen LogP contribution in [-0.2, 0) is 20.8 Å². The van der Waals surface area contributed by atoms with Gasteiger partial charge in [0.05, 0.1) is 30.4 Å². The fraction of sp³-hybridized carbons (Fsp3) is 0.500. The molecule has 0 amide bonds. The zero-order valence-corrected chi connectivity index (χ0v) is 14.3. The second-order valence-corrected chi connectivity index (χ2v) is 6.36. The van der Waals surface area contributed by atoms with E-state index in [9.17, 15) is 9.59 Å². The molecule has 24 heavy (non-hydrogen) atoms. The van der Waals surface area contributed by atoms with Gasteiger partial charge in [-0.15, -0.1) is 0 Å². The number of fused-ring (bicyclic) bond motifs is 1. The van der Waals surface area contributed by atoms with Crippen LogP contribution in [0.2, 0.25) is 0 Å². The molecular formula is C16H19N3O4S. The van der Waals surface area contributed by atoms with E-state index < -0.39 is 0 Å². The van der Waals surface area contributed by atoms with Crippen molar-refractivity contribution in [2.45, 2.75) is 37.6 Å². The predicted molar refractivity (Wildman–Crippen MR) is 90.1 cm³/mol. The average molecular weight is 349 g/mol.